The molecule has 24 heavy (non-hydrogen) atoms. The lowest BCUT2D eigenvalue weighted by Gasteiger charge is -2.27. The fourth-order valence-corrected chi connectivity index (χ4v) is 3.62. The first-order valence-corrected chi connectivity index (χ1v) is 8.61. The molecule has 2 atom stereocenters. The summed E-state index contributed by atoms with van der Waals surface area (Å²) in [7, 11) is 0. The number of benzene rings is 1. The molecule has 1 saturated heterocycles. The Morgan fingerprint density at radius 2 is 2.29 bits per heavy atom. The van der Waals surface area contributed by atoms with Crippen LogP contribution in [0.25, 0.3) is 0 Å². The molecule has 1 amide bonds. The van der Waals surface area contributed by atoms with Crippen LogP contribution in [-0.2, 0) is 22.5 Å². The summed E-state index contributed by atoms with van der Waals surface area (Å²) < 4.78 is 5.62. The number of H-pyrrole nitrogens is 1. The molecule has 5 nitrogen and oxygen atoms in total. The lowest BCUT2D eigenvalue weighted by Crippen LogP contribution is -2.34. The molecule has 0 spiro atoms. The fourth-order valence-electron chi connectivity index (χ4n) is 3.50. The van der Waals surface area contributed by atoms with Crippen LogP contribution in [0.15, 0.2) is 18.2 Å². The first-order valence-electron chi connectivity index (χ1n) is 8.23. The number of aromatic nitrogens is 2. The van der Waals surface area contributed by atoms with Gasteiger partial charge in [-0.3, -0.25) is 9.89 Å². The number of ether oxygens (including phenoxy) is 1. The van der Waals surface area contributed by atoms with Gasteiger partial charge in [0.2, 0.25) is 5.91 Å². The number of fused-ring (bicyclic) bond motifs is 1. The molecule has 1 N–H and O–H groups in total. The maximum Gasteiger partial charge on any atom is 0.219 e. The standard InChI is InChI=1S/C18H20ClN3O2/c1-10-7-12(3-4-14(10)19)17(16-9-24-16)18-13-8-22(11(2)23)6-5-15(13)20-21-18/h3-4,7,16-17H,5-6,8-9H2,1-2H3,(H,20,21). The van der Waals surface area contributed by atoms with Crippen LogP contribution < -0.4 is 0 Å². The molecule has 6 heteroatoms. The third-order valence-corrected chi connectivity index (χ3v) is 5.40. The number of rotatable bonds is 3. The van der Waals surface area contributed by atoms with Crippen molar-refractivity contribution in [3.8, 4) is 0 Å². The van der Waals surface area contributed by atoms with Crippen LogP contribution in [0.2, 0.25) is 5.02 Å². The highest BCUT2D eigenvalue weighted by atomic mass is 35.5. The van der Waals surface area contributed by atoms with Crippen LogP contribution in [0, 0.1) is 6.92 Å². The van der Waals surface area contributed by atoms with E-state index in [9.17, 15) is 4.79 Å². The van der Waals surface area contributed by atoms with Crippen molar-refractivity contribution < 1.29 is 9.53 Å². The zero-order valence-corrected chi connectivity index (χ0v) is 14.6. The Morgan fingerprint density at radius 1 is 1.50 bits per heavy atom. The van der Waals surface area contributed by atoms with Crippen molar-refractivity contribution >= 4 is 17.5 Å². The van der Waals surface area contributed by atoms with E-state index in [1.807, 2.05) is 24.0 Å². The normalized spacial score (nSPS) is 20.6. The molecule has 0 saturated carbocycles. The molecule has 0 radical (unpaired) electrons. The van der Waals surface area contributed by atoms with Crippen LogP contribution in [0.3, 0.4) is 0 Å². The summed E-state index contributed by atoms with van der Waals surface area (Å²) in [5.74, 6) is 0.183. The lowest BCUT2D eigenvalue weighted by molar-refractivity contribution is -0.129. The SMILES string of the molecule is CC(=O)N1CCc2[nH]nc(C(c3ccc(Cl)c(C)c3)C3CO3)c2C1. The molecular formula is C18H20ClN3O2. The smallest absolute Gasteiger partial charge is 0.219 e. The van der Waals surface area contributed by atoms with Crippen LogP contribution in [-0.4, -0.2) is 40.3 Å². The number of epoxide rings is 1. The van der Waals surface area contributed by atoms with E-state index < -0.39 is 0 Å². The van der Waals surface area contributed by atoms with Gasteiger partial charge >= 0.3 is 0 Å². The molecular weight excluding hydrogens is 326 g/mol. The van der Waals surface area contributed by atoms with E-state index >= 15 is 0 Å². The maximum atomic E-state index is 11.8. The van der Waals surface area contributed by atoms with E-state index in [0.717, 1.165) is 52.7 Å². The van der Waals surface area contributed by atoms with Gasteiger partial charge in [0.25, 0.3) is 0 Å². The largest absolute Gasteiger partial charge is 0.372 e. The second-order valence-electron chi connectivity index (χ2n) is 6.61. The van der Waals surface area contributed by atoms with Crippen LogP contribution >= 0.6 is 11.6 Å². The van der Waals surface area contributed by atoms with Gasteiger partial charge in [-0.25, -0.2) is 0 Å². The van der Waals surface area contributed by atoms with E-state index in [1.165, 1.54) is 0 Å². The summed E-state index contributed by atoms with van der Waals surface area (Å²) in [6, 6.07) is 6.10. The first kappa shape index (κ1) is 15.7. The molecule has 2 aromatic rings. The number of hydrogen-bond acceptors (Lipinski definition) is 3. The number of carbonyl (C=O) groups is 1. The van der Waals surface area contributed by atoms with Crippen LogP contribution in [0.4, 0.5) is 0 Å². The Bertz CT molecular complexity index is 798. The molecule has 1 aromatic heterocycles. The molecule has 4 rings (SSSR count). The van der Waals surface area contributed by atoms with Crippen molar-refractivity contribution in [2.24, 2.45) is 0 Å². The zero-order chi connectivity index (χ0) is 16.8. The summed E-state index contributed by atoms with van der Waals surface area (Å²) in [4.78, 5) is 13.6. The summed E-state index contributed by atoms with van der Waals surface area (Å²) in [6.45, 7) is 5.73. The van der Waals surface area contributed by atoms with Gasteiger partial charge in [-0.1, -0.05) is 23.7 Å². The van der Waals surface area contributed by atoms with Crippen molar-refractivity contribution in [3.63, 3.8) is 0 Å². The van der Waals surface area contributed by atoms with Gasteiger partial charge in [0.15, 0.2) is 0 Å². The van der Waals surface area contributed by atoms with Crippen molar-refractivity contribution in [1.29, 1.82) is 0 Å². The average molecular weight is 346 g/mol. The number of amides is 1. The van der Waals surface area contributed by atoms with E-state index in [-0.39, 0.29) is 17.9 Å². The van der Waals surface area contributed by atoms with Gasteiger partial charge in [-0.15, -0.1) is 0 Å². The predicted molar refractivity (Wildman–Crippen MR) is 91.2 cm³/mol. The van der Waals surface area contributed by atoms with Gasteiger partial charge in [-0.05, 0) is 24.1 Å². The van der Waals surface area contributed by atoms with E-state index in [1.54, 1.807) is 6.92 Å². The topological polar surface area (TPSA) is 61.5 Å². The number of halogens is 1. The van der Waals surface area contributed by atoms with Crippen LogP contribution in [0.5, 0.6) is 0 Å². The number of aromatic amines is 1. The monoisotopic (exact) mass is 345 g/mol. The number of carbonyl (C=O) groups excluding carboxylic acids is 1. The minimum absolute atomic E-state index is 0.0767. The summed E-state index contributed by atoms with van der Waals surface area (Å²) >= 11 is 6.18. The first-order chi connectivity index (χ1) is 11.5. The summed E-state index contributed by atoms with van der Waals surface area (Å²) in [5, 5.41) is 8.55. The predicted octanol–water partition coefficient (Wildman–Crippen LogP) is 2.81. The number of hydrogen-bond donors (Lipinski definition) is 1. The highest BCUT2D eigenvalue weighted by Gasteiger charge is 2.39. The second-order valence-corrected chi connectivity index (χ2v) is 7.02. The zero-order valence-electron chi connectivity index (χ0n) is 13.8. The number of nitrogens with zero attached hydrogens (tertiary/aromatic N) is 2. The number of aryl methyl sites for hydroxylation is 1. The number of nitrogens with one attached hydrogen (secondary N) is 1. The van der Waals surface area contributed by atoms with Gasteiger partial charge in [-0.2, -0.15) is 5.10 Å². The minimum Gasteiger partial charge on any atom is -0.372 e. The van der Waals surface area contributed by atoms with E-state index in [4.69, 9.17) is 16.3 Å². The molecule has 2 aliphatic heterocycles. The van der Waals surface area contributed by atoms with Gasteiger partial charge in [0.1, 0.15) is 0 Å². The maximum absolute atomic E-state index is 11.8. The Labute approximate surface area is 145 Å². The molecule has 1 aromatic carbocycles. The van der Waals surface area contributed by atoms with Crippen molar-refractivity contribution in [2.75, 3.05) is 13.2 Å². The Kier molecular flexibility index (Phi) is 3.85. The van der Waals surface area contributed by atoms with Crippen molar-refractivity contribution in [3.05, 3.63) is 51.3 Å². The molecule has 0 aliphatic carbocycles. The lowest BCUT2D eigenvalue weighted by atomic mass is 9.88. The second kappa shape index (κ2) is 5.90. The van der Waals surface area contributed by atoms with Gasteiger partial charge in [0.05, 0.1) is 24.3 Å². The Hall–Kier alpha value is -1.85. The Balaban J connectivity index is 1.74. The molecule has 1 fully saturated rings. The van der Waals surface area contributed by atoms with Gasteiger partial charge in [0, 0.05) is 42.7 Å². The molecule has 126 valence electrons. The third kappa shape index (κ3) is 2.72. The van der Waals surface area contributed by atoms with E-state index in [2.05, 4.69) is 16.3 Å². The fraction of sp³-hybridized carbons (Fsp3) is 0.444. The van der Waals surface area contributed by atoms with Crippen molar-refractivity contribution in [2.45, 2.75) is 38.8 Å². The third-order valence-electron chi connectivity index (χ3n) is 4.98. The summed E-state index contributed by atoms with van der Waals surface area (Å²) in [6.07, 6.45) is 0.963. The molecule has 2 aliphatic rings. The van der Waals surface area contributed by atoms with Crippen molar-refractivity contribution in [1.82, 2.24) is 15.1 Å². The molecule has 3 heterocycles. The van der Waals surface area contributed by atoms with E-state index in [0.29, 0.717) is 6.54 Å². The summed E-state index contributed by atoms with van der Waals surface area (Å²) in [5.41, 5.74) is 5.49. The quantitative estimate of drug-likeness (QED) is 0.870. The molecule has 0 bridgehead atoms. The van der Waals surface area contributed by atoms with Crippen LogP contribution in [0.1, 0.15) is 40.9 Å². The minimum atomic E-state index is 0.0767. The Morgan fingerprint density at radius 3 is 2.96 bits per heavy atom. The highest BCUT2D eigenvalue weighted by molar-refractivity contribution is 6.31. The average Bonchev–Trinajstić information content (AvgIpc) is 3.31. The molecule has 2 unspecified atom stereocenters. The van der Waals surface area contributed by atoms with Gasteiger partial charge < -0.3 is 9.64 Å². The highest BCUT2D eigenvalue weighted by Crippen LogP contribution is 2.39.